The number of piperidine rings is 1. The second-order valence-electron chi connectivity index (χ2n) is 5.76. The Kier molecular flexibility index (Phi) is 4.38. The molecule has 5 nitrogen and oxygen atoms in total. The molecule has 22 heavy (non-hydrogen) atoms. The summed E-state index contributed by atoms with van der Waals surface area (Å²) in [5, 5.41) is 2.97. The molecule has 2 heterocycles. The maximum atomic E-state index is 12.9. The summed E-state index contributed by atoms with van der Waals surface area (Å²) >= 11 is 0. The Morgan fingerprint density at radius 3 is 2.45 bits per heavy atom. The first-order valence-corrected chi connectivity index (χ1v) is 7.60. The van der Waals surface area contributed by atoms with Gasteiger partial charge >= 0.3 is 5.97 Å². The van der Waals surface area contributed by atoms with Crippen LogP contribution in [0.5, 0.6) is 0 Å². The molecule has 0 spiro atoms. The Bertz CT molecular complexity index is 553. The average Bonchev–Trinajstić information content (AvgIpc) is 2.95. The van der Waals surface area contributed by atoms with Gasteiger partial charge in [0, 0.05) is 31.1 Å². The van der Waals surface area contributed by atoms with Gasteiger partial charge in [0.05, 0.1) is 6.61 Å². The molecule has 1 atom stereocenters. The first kappa shape index (κ1) is 15.0. The Morgan fingerprint density at radius 2 is 1.86 bits per heavy atom. The molecule has 1 amide bonds. The number of nitrogens with one attached hydrogen (secondary N) is 1. The third-order valence-electron chi connectivity index (χ3n) is 4.32. The number of carbonyl (C=O) groups excluding carboxylic acids is 2. The van der Waals surface area contributed by atoms with E-state index in [2.05, 4.69) is 10.2 Å². The molecule has 0 radical (unpaired) electrons. The number of ether oxygens (including phenoxy) is 1. The van der Waals surface area contributed by atoms with Gasteiger partial charge in [-0.15, -0.1) is 0 Å². The highest BCUT2D eigenvalue weighted by Gasteiger charge is 2.34. The van der Waals surface area contributed by atoms with Gasteiger partial charge in [0.2, 0.25) is 0 Å². The van der Waals surface area contributed by atoms with Gasteiger partial charge in [-0.05, 0) is 37.1 Å². The number of rotatable bonds is 3. The van der Waals surface area contributed by atoms with E-state index in [1.54, 1.807) is 0 Å². The molecule has 1 N–H and O–H groups in total. The minimum absolute atomic E-state index is 0.0891. The van der Waals surface area contributed by atoms with Crippen LogP contribution in [-0.4, -0.2) is 48.6 Å². The number of carbonyl (C=O) groups is 2. The lowest BCUT2D eigenvalue weighted by molar-refractivity contribution is -0.142. The van der Waals surface area contributed by atoms with E-state index in [4.69, 9.17) is 4.74 Å². The van der Waals surface area contributed by atoms with Gasteiger partial charge in [-0.25, -0.2) is 4.39 Å². The van der Waals surface area contributed by atoms with E-state index >= 15 is 0 Å². The molecule has 118 valence electrons. The second-order valence-corrected chi connectivity index (χ2v) is 5.76. The fraction of sp³-hybridized carbons (Fsp3) is 0.500. The average molecular weight is 306 g/mol. The highest BCUT2D eigenvalue weighted by molar-refractivity contribution is 5.94. The summed E-state index contributed by atoms with van der Waals surface area (Å²) in [6, 6.07) is 5.50. The van der Waals surface area contributed by atoms with Crippen LogP contribution in [0.15, 0.2) is 24.3 Å². The molecule has 2 aliphatic rings. The van der Waals surface area contributed by atoms with Crippen molar-refractivity contribution in [1.82, 2.24) is 10.2 Å². The predicted octanol–water partition coefficient (Wildman–Crippen LogP) is 1.34. The van der Waals surface area contributed by atoms with E-state index in [0.29, 0.717) is 12.2 Å². The predicted molar refractivity (Wildman–Crippen MR) is 77.8 cm³/mol. The lowest BCUT2D eigenvalue weighted by Gasteiger charge is -2.34. The molecular formula is C16H19FN2O3. The fourth-order valence-electron chi connectivity index (χ4n) is 3.04. The highest BCUT2D eigenvalue weighted by atomic mass is 19.1. The topological polar surface area (TPSA) is 58.6 Å². The number of cyclic esters (lactones) is 1. The number of esters is 1. The van der Waals surface area contributed by atoms with Crippen LogP contribution in [0.3, 0.4) is 0 Å². The van der Waals surface area contributed by atoms with Crippen molar-refractivity contribution in [2.24, 2.45) is 0 Å². The number of amides is 1. The lowest BCUT2D eigenvalue weighted by atomic mass is 10.0. The molecule has 1 aromatic carbocycles. The quantitative estimate of drug-likeness (QED) is 0.856. The van der Waals surface area contributed by atoms with Crippen molar-refractivity contribution in [2.75, 3.05) is 19.7 Å². The zero-order chi connectivity index (χ0) is 15.5. The maximum absolute atomic E-state index is 12.9. The smallest absolute Gasteiger partial charge is 0.323 e. The van der Waals surface area contributed by atoms with E-state index < -0.39 is 0 Å². The Morgan fingerprint density at radius 1 is 1.18 bits per heavy atom. The molecule has 3 rings (SSSR count). The van der Waals surface area contributed by atoms with Crippen LogP contribution in [0.4, 0.5) is 4.39 Å². The van der Waals surface area contributed by atoms with E-state index in [0.717, 1.165) is 32.4 Å². The summed E-state index contributed by atoms with van der Waals surface area (Å²) in [6.07, 6.45) is 2.36. The molecule has 1 aromatic rings. The van der Waals surface area contributed by atoms with E-state index in [9.17, 15) is 14.0 Å². The third-order valence-corrected chi connectivity index (χ3v) is 4.32. The van der Waals surface area contributed by atoms with Crippen LogP contribution < -0.4 is 5.32 Å². The SMILES string of the molecule is O=C(NC1CCN(C2CCOC2=O)CC1)c1ccc(F)cc1. The summed E-state index contributed by atoms with van der Waals surface area (Å²) in [5.74, 6) is -0.666. The zero-order valence-corrected chi connectivity index (χ0v) is 12.3. The van der Waals surface area contributed by atoms with Crippen molar-refractivity contribution in [2.45, 2.75) is 31.3 Å². The highest BCUT2D eigenvalue weighted by Crippen LogP contribution is 2.20. The van der Waals surface area contributed by atoms with Gasteiger partial charge in [0.15, 0.2) is 0 Å². The third kappa shape index (κ3) is 3.27. The van der Waals surface area contributed by atoms with E-state index in [1.807, 2.05) is 0 Å². The molecular weight excluding hydrogens is 287 g/mol. The molecule has 2 fully saturated rings. The van der Waals surface area contributed by atoms with Crippen LogP contribution in [0.25, 0.3) is 0 Å². The number of likely N-dealkylation sites (tertiary alicyclic amines) is 1. The number of halogens is 1. The standard InChI is InChI=1S/C16H19FN2O3/c17-12-3-1-11(2-4-12)15(20)18-13-5-8-19(9-6-13)14-7-10-22-16(14)21/h1-4,13-14H,5-10H2,(H,18,20). The molecule has 0 aliphatic carbocycles. The summed E-state index contributed by atoms with van der Waals surface area (Å²) in [7, 11) is 0. The normalized spacial score (nSPS) is 23.3. The Hall–Kier alpha value is -1.95. The second kappa shape index (κ2) is 6.44. The molecule has 1 unspecified atom stereocenters. The van der Waals surface area contributed by atoms with Crippen molar-refractivity contribution < 1.29 is 18.7 Å². The van der Waals surface area contributed by atoms with Crippen molar-refractivity contribution >= 4 is 11.9 Å². The lowest BCUT2D eigenvalue weighted by Crippen LogP contribution is -2.49. The van der Waals surface area contributed by atoms with Gasteiger partial charge < -0.3 is 10.1 Å². The summed E-state index contributed by atoms with van der Waals surface area (Å²) < 4.78 is 17.9. The van der Waals surface area contributed by atoms with Crippen molar-refractivity contribution in [3.05, 3.63) is 35.6 Å². The van der Waals surface area contributed by atoms with Gasteiger partial charge in [0.25, 0.3) is 5.91 Å². The number of nitrogens with zero attached hydrogens (tertiary/aromatic N) is 1. The van der Waals surface area contributed by atoms with Crippen LogP contribution in [0, 0.1) is 5.82 Å². The number of hydrogen-bond acceptors (Lipinski definition) is 4. The molecule has 0 bridgehead atoms. The van der Waals surface area contributed by atoms with Gasteiger partial charge in [-0.2, -0.15) is 0 Å². The van der Waals surface area contributed by atoms with Crippen LogP contribution in [-0.2, 0) is 9.53 Å². The summed E-state index contributed by atoms with van der Waals surface area (Å²) in [5.41, 5.74) is 0.461. The summed E-state index contributed by atoms with van der Waals surface area (Å²) in [4.78, 5) is 25.8. The monoisotopic (exact) mass is 306 g/mol. The minimum Gasteiger partial charge on any atom is -0.464 e. The molecule has 2 saturated heterocycles. The van der Waals surface area contributed by atoms with E-state index in [1.165, 1.54) is 24.3 Å². The van der Waals surface area contributed by atoms with Crippen LogP contribution in [0.1, 0.15) is 29.6 Å². The van der Waals surface area contributed by atoms with Crippen LogP contribution >= 0.6 is 0 Å². The molecule has 6 heteroatoms. The first-order chi connectivity index (χ1) is 10.6. The number of benzene rings is 1. The largest absolute Gasteiger partial charge is 0.464 e. The van der Waals surface area contributed by atoms with Crippen molar-refractivity contribution in [3.8, 4) is 0 Å². The van der Waals surface area contributed by atoms with Crippen LogP contribution in [0.2, 0.25) is 0 Å². The van der Waals surface area contributed by atoms with Gasteiger partial charge in [-0.1, -0.05) is 0 Å². The van der Waals surface area contributed by atoms with E-state index in [-0.39, 0.29) is 29.8 Å². The first-order valence-electron chi connectivity index (χ1n) is 7.60. The number of hydrogen-bond donors (Lipinski definition) is 1. The molecule has 0 aromatic heterocycles. The Labute approximate surface area is 128 Å². The fourth-order valence-corrected chi connectivity index (χ4v) is 3.04. The maximum Gasteiger partial charge on any atom is 0.323 e. The summed E-state index contributed by atoms with van der Waals surface area (Å²) in [6.45, 7) is 2.05. The molecule has 2 aliphatic heterocycles. The van der Waals surface area contributed by atoms with Gasteiger partial charge in [0.1, 0.15) is 11.9 Å². The minimum atomic E-state index is -0.353. The van der Waals surface area contributed by atoms with Crippen molar-refractivity contribution in [1.29, 1.82) is 0 Å². The Balaban J connectivity index is 1.50. The zero-order valence-electron chi connectivity index (χ0n) is 12.3. The molecule has 0 saturated carbocycles. The van der Waals surface area contributed by atoms with Crippen molar-refractivity contribution in [3.63, 3.8) is 0 Å². The van der Waals surface area contributed by atoms with Gasteiger partial charge in [-0.3, -0.25) is 14.5 Å².